The number of hydrogen-bond acceptors (Lipinski definition) is 4. The summed E-state index contributed by atoms with van der Waals surface area (Å²) in [5, 5.41) is 11.1. The molecular formula is C10H10Br2N2O3S. The van der Waals surface area contributed by atoms with E-state index in [1.54, 1.807) is 12.3 Å². The molecule has 2 N–H and O–H groups in total. The summed E-state index contributed by atoms with van der Waals surface area (Å²) in [6.45, 7) is 0.404. The highest BCUT2D eigenvalue weighted by Crippen LogP contribution is 2.19. The Bertz CT molecular complexity index is 457. The van der Waals surface area contributed by atoms with Crippen molar-refractivity contribution < 1.29 is 14.7 Å². The minimum absolute atomic E-state index is 0.0378. The summed E-state index contributed by atoms with van der Waals surface area (Å²) >= 11 is 7.75. The van der Waals surface area contributed by atoms with Crippen LogP contribution in [0.5, 0.6) is 0 Å². The lowest BCUT2D eigenvalue weighted by Gasteiger charge is -2.05. The second-order valence-electron chi connectivity index (χ2n) is 3.19. The van der Waals surface area contributed by atoms with E-state index in [2.05, 4.69) is 42.2 Å². The molecule has 0 fully saturated rings. The van der Waals surface area contributed by atoms with Crippen molar-refractivity contribution in [3.8, 4) is 0 Å². The minimum Gasteiger partial charge on any atom is -0.481 e. The Labute approximate surface area is 125 Å². The van der Waals surface area contributed by atoms with Crippen LogP contribution in [0, 0.1) is 0 Å². The standard InChI is InChI=1S/C10H10Br2N2O3S/c11-6-3-7(12)9(14-4-6)10(17)13-1-2-18-5-8(15)16/h3-4H,1-2,5H2,(H,13,17)(H,15,16). The average Bonchev–Trinajstić information content (AvgIpc) is 2.27. The summed E-state index contributed by atoms with van der Waals surface area (Å²) in [7, 11) is 0. The van der Waals surface area contributed by atoms with Crippen LogP contribution in [0.4, 0.5) is 0 Å². The Balaban J connectivity index is 2.39. The van der Waals surface area contributed by atoms with Gasteiger partial charge < -0.3 is 10.4 Å². The molecule has 1 rings (SSSR count). The monoisotopic (exact) mass is 396 g/mol. The lowest BCUT2D eigenvalue weighted by Crippen LogP contribution is -2.27. The van der Waals surface area contributed by atoms with Crippen LogP contribution in [-0.4, -0.2) is 40.0 Å². The summed E-state index contributed by atoms with van der Waals surface area (Å²) in [6, 6.07) is 1.74. The van der Waals surface area contributed by atoms with Crippen LogP contribution in [0.15, 0.2) is 21.2 Å². The number of amides is 1. The average molecular weight is 398 g/mol. The number of rotatable bonds is 6. The van der Waals surface area contributed by atoms with E-state index in [0.29, 0.717) is 22.5 Å². The molecule has 0 unspecified atom stereocenters. The van der Waals surface area contributed by atoms with Crippen LogP contribution in [0.25, 0.3) is 0 Å². The zero-order chi connectivity index (χ0) is 13.5. The quantitative estimate of drug-likeness (QED) is 0.719. The van der Waals surface area contributed by atoms with Crippen LogP contribution in [0.3, 0.4) is 0 Å². The highest BCUT2D eigenvalue weighted by atomic mass is 79.9. The third kappa shape index (κ3) is 5.36. The van der Waals surface area contributed by atoms with Gasteiger partial charge in [-0.3, -0.25) is 9.59 Å². The van der Waals surface area contributed by atoms with Crippen molar-refractivity contribution in [2.75, 3.05) is 18.1 Å². The Morgan fingerprint density at radius 2 is 2.17 bits per heavy atom. The van der Waals surface area contributed by atoms with Crippen molar-refractivity contribution in [1.82, 2.24) is 10.3 Å². The zero-order valence-electron chi connectivity index (χ0n) is 9.15. The predicted octanol–water partition coefficient (Wildman–Crippen LogP) is 2.15. The number of thioether (sulfide) groups is 1. The molecule has 0 aliphatic heterocycles. The van der Waals surface area contributed by atoms with Crippen LogP contribution in [-0.2, 0) is 4.79 Å². The van der Waals surface area contributed by atoms with Gasteiger partial charge in [0.05, 0.1) is 10.2 Å². The number of hydrogen-bond donors (Lipinski definition) is 2. The molecule has 0 aliphatic rings. The molecule has 0 bridgehead atoms. The minimum atomic E-state index is -0.858. The number of nitrogens with one attached hydrogen (secondary N) is 1. The molecule has 8 heteroatoms. The Morgan fingerprint density at radius 3 is 2.78 bits per heavy atom. The van der Waals surface area contributed by atoms with Crippen LogP contribution in [0.2, 0.25) is 0 Å². The first-order valence-corrected chi connectivity index (χ1v) is 7.63. The highest BCUT2D eigenvalue weighted by Gasteiger charge is 2.11. The van der Waals surface area contributed by atoms with Gasteiger partial charge in [0.1, 0.15) is 5.69 Å². The van der Waals surface area contributed by atoms with E-state index in [0.717, 1.165) is 4.47 Å². The molecule has 1 amide bonds. The number of carboxylic acid groups (broad SMARTS) is 1. The molecule has 18 heavy (non-hydrogen) atoms. The first-order chi connectivity index (χ1) is 8.50. The van der Waals surface area contributed by atoms with Crippen molar-refractivity contribution in [3.63, 3.8) is 0 Å². The van der Waals surface area contributed by atoms with E-state index in [9.17, 15) is 9.59 Å². The molecule has 1 heterocycles. The van der Waals surface area contributed by atoms with Crippen LogP contribution < -0.4 is 5.32 Å². The van der Waals surface area contributed by atoms with E-state index in [4.69, 9.17) is 5.11 Å². The number of carboxylic acids is 1. The van der Waals surface area contributed by atoms with Gasteiger partial charge in [0.2, 0.25) is 0 Å². The summed E-state index contributed by atoms with van der Waals surface area (Å²) in [4.78, 5) is 26.0. The molecule has 0 atom stereocenters. The third-order valence-corrected chi connectivity index (χ3v) is 3.76. The Hall–Kier alpha value is -0.600. The van der Waals surface area contributed by atoms with Crippen LogP contribution >= 0.6 is 43.6 Å². The third-order valence-electron chi connectivity index (χ3n) is 1.78. The fraction of sp³-hybridized carbons (Fsp3) is 0.300. The number of halogens is 2. The van der Waals surface area contributed by atoms with E-state index in [1.807, 2.05) is 0 Å². The number of carbonyl (C=O) groups is 2. The maximum atomic E-state index is 11.7. The molecular weight excluding hydrogens is 388 g/mol. The summed E-state index contributed by atoms with van der Waals surface area (Å²) in [5.41, 5.74) is 0.307. The smallest absolute Gasteiger partial charge is 0.313 e. The number of aromatic nitrogens is 1. The number of aliphatic carboxylic acids is 1. The SMILES string of the molecule is O=C(O)CSCCNC(=O)c1ncc(Br)cc1Br. The highest BCUT2D eigenvalue weighted by molar-refractivity contribution is 9.11. The molecule has 0 aromatic carbocycles. The van der Waals surface area contributed by atoms with Gasteiger partial charge >= 0.3 is 5.97 Å². The maximum Gasteiger partial charge on any atom is 0.313 e. The van der Waals surface area contributed by atoms with Crippen molar-refractivity contribution in [3.05, 3.63) is 26.9 Å². The van der Waals surface area contributed by atoms with Crippen molar-refractivity contribution in [2.24, 2.45) is 0 Å². The largest absolute Gasteiger partial charge is 0.481 e. The van der Waals surface area contributed by atoms with Gasteiger partial charge in [-0.05, 0) is 37.9 Å². The van der Waals surface area contributed by atoms with E-state index >= 15 is 0 Å². The molecule has 1 aromatic heterocycles. The maximum absolute atomic E-state index is 11.7. The second-order valence-corrected chi connectivity index (χ2v) is 6.06. The van der Waals surface area contributed by atoms with Gasteiger partial charge in [0.15, 0.2) is 0 Å². The van der Waals surface area contributed by atoms with E-state index in [1.165, 1.54) is 11.8 Å². The van der Waals surface area contributed by atoms with E-state index < -0.39 is 5.97 Å². The fourth-order valence-corrected chi connectivity index (χ4v) is 2.79. The number of nitrogens with zero attached hydrogens (tertiary/aromatic N) is 1. The lowest BCUT2D eigenvalue weighted by molar-refractivity contribution is -0.133. The van der Waals surface area contributed by atoms with Gasteiger partial charge in [0, 0.05) is 23.0 Å². The van der Waals surface area contributed by atoms with Gasteiger partial charge in [-0.25, -0.2) is 4.98 Å². The molecule has 98 valence electrons. The number of pyridine rings is 1. The second kappa shape index (κ2) is 7.75. The first kappa shape index (κ1) is 15.5. The molecule has 0 saturated heterocycles. The lowest BCUT2D eigenvalue weighted by atomic mass is 10.3. The summed E-state index contributed by atoms with van der Waals surface area (Å²) in [6.07, 6.45) is 1.54. The van der Waals surface area contributed by atoms with Crippen molar-refractivity contribution in [1.29, 1.82) is 0 Å². The van der Waals surface area contributed by atoms with Crippen molar-refractivity contribution in [2.45, 2.75) is 0 Å². The van der Waals surface area contributed by atoms with Crippen LogP contribution in [0.1, 0.15) is 10.5 Å². The Kier molecular flexibility index (Phi) is 6.66. The Morgan fingerprint density at radius 1 is 1.44 bits per heavy atom. The molecule has 0 saturated carbocycles. The van der Waals surface area contributed by atoms with Gasteiger partial charge in [-0.15, -0.1) is 11.8 Å². The fourth-order valence-electron chi connectivity index (χ4n) is 1.06. The molecule has 0 spiro atoms. The molecule has 0 radical (unpaired) electrons. The number of carbonyl (C=O) groups excluding carboxylic acids is 1. The predicted molar refractivity (Wildman–Crippen MR) is 76.9 cm³/mol. The zero-order valence-corrected chi connectivity index (χ0v) is 13.1. The molecule has 5 nitrogen and oxygen atoms in total. The van der Waals surface area contributed by atoms with Gasteiger partial charge in [0.25, 0.3) is 5.91 Å². The van der Waals surface area contributed by atoms with Crippen molar-refractivity contribution >= 4 is 55.5 Å². The summed E-state index contributed by atoms with van der Waals surface area (Å²) < 4.78 is 1.38. The van der Waals surface area contributed by atoms with Gasteiger partial charge in [-0.2, -0.15) is 0 Å². The molecule has 0 aliphatic carbocycles. The van der Waals surface area contributed by atoms with Gasteiger partial charge in [-0.1, -0.05) is 0 Å². The first-order valence-electron chi connectivity index (χ1n) is 4.89. The summed E-state index contributed by atoms with van der Waals surface area (Å²) in [5.74, 6) is -0.559. The molecule has 1 aromatic rings. The topological polar surface area (TPSA) is 79.3 Å². The normalized spacial score (nSPS) is 10.1. The van der Waals surface area contributed by atoms with E-state index in [-0.39, 0.29) is 11.7 Å².